The number of anilines is 1. The van der Waals surface area contributed by atoms with E-state index in [1.54, 1.807) is 23.6 Å². The molecule has 2 aromatic carbocycles. The number of ether oxygens (including phenoxy) is 1. The van der Waals surface area contributed by atoms with Crippen LogP contribution < -0.4 is 15.6 Å². The zero-order chi connectivity index (χ0) is 23.7. The molecule has 0 radical (unpaired) electrons. The Morgan fingerprint density at radius 3 is 2.74 bits per heavy atom. The highest BCUT2D eigenvalue weighted by Gasteiger charge is 2.19. The van der Waals surface area contributed by atoms with Crippen LogP contribution in [0.15, 0.2) is 64.2 Å². The molecule has 0 aliphatic rings. The molecule has 0 saturated carbocycles. The predicted octanol–water partition coefficient (Wildman–Crippen LogP) is 3.13. The molecule has 1 amide bonds. The highest BCUT2D eigenvalue weighted by Crippen LogP contribution is 2.27. The SMILES string of the molecule is CCOc1ccccc1NC(=O)Cn1c2ccccc2c2ncn(Cc3nc(C)no3)c(=O)c21. The number of carbonyl (C=O) groups excluding carboxylic acids is 1. The van der Waals surface area contributed by atoms with E-state index in [-0.39, 0.29) is 24.6 Å². The van der Waals surface area contributed by atoms with E-state index in [1.807, 2.05) is 43.3 Å². The average molecular weight is 458 g/mol. The molecule has 0 atom stereocenters. The largest absolute Gasteiger partial charge is 0.492 e. The van der Waals surface area contributed by atoms with Crippen molar-refractivity contribution in [3.8, 4) is 5.75 Å². The number of nitrogens with one attached hydrogen (secondary N) is 1. The summed E-state index contributed by atoms with van der Waals surface area (Å²) in [5.74, 6) is 1.07. The lowest BCUT2D eigenvalue weighted by molar-refractivity contribution is -0.116. The van der Waals surface area contributed by atoms with Gasteiger partial charge in [0.1, 0.15) is 29.9 Å². The lowest BCUT2D eigenvalue weighted by Crippen LogP contribution is -2.25. The molecule has 0 unspecified atom stereocenters. The summed E-state index contributed by atoms with van der Waals surface area (Å²) in [4.78, 5) is 35.2. The van der Waals surface area contributed by atoms with Crippen LogP contribution in [0, 0.1) is 6.92 Å². The maximum absolute atomic E-state index is 13.5. The zero-order valence-electron chi connectivity index (χ0n) is 18.7. The number of rotatable bonds is 7. The number of aromatic nitrogens is 5. The second kappa shape index (κ2) is 8.81. The highest BCUT2D eigenvalue weighted by atomic mass is 16.5. The van der Waals surface area contributed by atoms with Crippen LogP contribution >= 0.6 is 0 Å². The number of nitrogens with zero attached hydrogens (tertiary/aromatic N) is 5. The van der Waals surface area contributed by atoms with Crippen molar-refractivity contribution in [3.63, 3.8) is 0 Å². The Balaban J connectivity index is 1.56. The first-order chi connectivity index (χ1) is 16.5. The van der Waals surface area contributed by atoms with Gasteiger partial charge >= 0.3 is 0 Å². The summed E-state index contributed by atoms with van der Waals surface area (Å²) in [7, 11) is 0. The van der Waals surface area contributed by atoms with Crippen molar-refractivity contribution >= 4 is 33.5 Å². The van der Waals surface area contributed by atoms with E-state index in [0.717, 1.165) is 10.9 Å². The Hall–Kier alpha value is -4.47. The second-order valence-corrected chi connectivity index (χ2v) is 7.69. The Morgan fingerprint density at radius 1 is 1.15 bits per heavy atom. The molecule has 5 rings (SSSR count). The highest BCUT2D eigenvalue weighted by molar-refractivity contribution is 6.06. The Kier molecular flexibility index (Phi) is 5.54. The number of benzene rings is 2. The molecule has 3 aromatic heterocycles. The first-order valence-corrected chi connectivity index (χ1v) is 10.8. The molecule has 172 valence electrons. The van der Waals surface area contributed by atoms with Crippen LogP contribution in [0.25, 0.3) is 21.9 Å². The summed E-state index contributed by atoms with van der Waals surface area (Å²) in [6.45, 7) is 4.06. The fourth-order valence-corrected chi connectivity index (χ4v) is 3.96. The van der Waals surface area contributed by atoms with Crippen LogP contribution in [-0.2, 0) is 17.9 Å². The summed E-state index contributed by atoms with van der Waals surface area (Å²) in [5.41, 5.74) is 1.85. The zero-order valence-corrected chi connectivity index (χ0v) is 18.7. The fourth-order valence-electron chi connectivity index (χ4n) is 3.96. The minimum Gasteiger partial charge on any atom is -0.492 e. The minimum atomic E-state index is -0.306. The van der Waals surface area contributed by atoms with Crippen molar-refractivity contribution in [2.24, 2.45) is 0 Å². The third kappa shape index (κ3) is 3.90. The number of para-hydroxylation sites is 3. The van der Waals surface area contributed by atoms with Crippen LogP contribution in [0.1, 0.15) is 18.6 Å². The number of carbonyl (C=O) groups is 1. The van der Waals surface area contributed by atoms with E-state index in [2.05, 4.69) is 20.4 Å². The van der Waals surface area contributed by atoms with Crippen LogP contribution in [-0.4, -0.2) is 36.8 Å². The summed E-state index contributed by atoms with van der Waals surface area (Å²) in [5, 5.41) is 7.45. The number of hydrogen-bond acceptors (Lipinski definition) is 7. The van der Waals surface area contributed by atoms with Gasteiger partial charge in [-0.1, -0.05) is 35.5 Å². The van der Waals surface area contributed by atoms with Crippen molar-refractivity contribution in [1.82, 2.24) is 24.3 Å². The molecule has 10 heteroatoms. The lowest BCUT2D eigenvalue weighted by atomic mass is 10.2. The van der Waals surface area contributed by atoms with Crippen LogP contribution in [0.2, 0.25) is 0 Å². The van der Waals surface area contributed by atoms with E-state index in [4.69, 9.17) is 9.26 Å². The van der Waals surface area contributed by atoms with Gasteiger partial charge in [-0.05, 0) is 32.0 Å². The van der Waals surface area contributed by atoms with Gasteiger partial charge in [-0.25, -0.2) is 4.98 Å². The molecule has 3 heterocycles. The summed E-state index contributed by atoms with van der Waals surface area (Å²) in [6, 6.07) is 14.7. The van der Waals surface area contributed by atoms with Gasteiger partial charge in [0.2, 0.25) is 11.8 Å². The molecule has 34 heavy (non-hydrogen) atoms. The lowest BCUT2D eigenvalue weighted by Gasteiger charge is -2.12. The third-order valence-electron chi connectivity index (χ3n) is 5.37. The maximum atomic E-state index is 13.5. The molecule has 0 fully saturated rings. The van der Waals surface area contributed by atoms with E-state index >= 15 is 0 Å². The third-order valence-corrected chi connectivity index (χ3v) is 5.37. The maximum Gasteiger partial charge on any atom is 0.278 e. The smallest absolute Gasteiger partial charge is 0.278 e. The normalized spacial score (nSPS) is 11.2. The second-order valence-electron chi connectivity index (χ2n) is 7.69. The van der Waals surface area contributed by atoms with Crippen LogP contribution in [0.3, 0.4) is 0 Å². The Bertz CT molecular complexity index is 1570. The van der Waals surface area contributed by atoms with Crippen molar-refractivity contribution in [2.75, 3.05) is 11.9 Å². The molecule has 1 N–H and O–H groups in total. The number of aryl methyl sites for hydroxylation is 1. The monoisotopic (exact) mass is 458 g/mol. The van der Waals surface area contributed by atoms with Gasteiger partial charge in [0.15, 0.2) is 5.82 Å². The van der Waals surface area contributed by atoms with Crippen molar-refractivity contribution < 1.29 is 14.1 Å². The van der Waals surface area contributed by atoms with Gasteiger partial charge in [0.05, 0.1) is 24.1 Å². The topological polar surface area (TPSA) is 117 Å². The molecule has 0 spiro atoms. The first-order valence-electron chi connectivity index (χ1n) is 10.8. The van der Waals surface area contributed by atoms with Gasteiger partial charge in [-0.3, -0.25) is 14.2 Å². The number of hydrogen-bond donors (Lipinski definition) is 1. The number of fused-ring (bicyclic) bond motifs is 3. The Labute approximate surface area is 193 Å². The molecule has 0 saturated heterocycles. The summed E-state index contributed by atoms with van der Waals surface area (Å²) >= 11 is 0. The quantitative estimate of drug-likeness (QED) is 0.398. The minimum absolute atomic E-state index is 0.0783. The standard InChI is InChI=1S/C24H22N6O4/c1-3-33-19-11-7-5-9-17(19)27-20(31)12-30-18-10-6-4-8-16(18)22-23(30)24(32)29(14-25-22)13-21-26-15(2)28-34-21/h4-11,14H,3,12-13H2,1-2H3,(H,27,31). The van der Waals surface area contributed by atoms with E-state index in [0.29, 0.717) is 40.8 Å². The van der Waals surface area contributed by atoms with Crippen molar-refractivity contribution in [1.29, 1.82) is 0 Å². The van der Waals surface area contributed by atoms with Gasteiger partial charge in [0, 0.05) is 5.39 Å². The van der Waals surface area contributed by atoms with Crippen LogP contribution in [0.5, 0.6) is 5.75 Å². The van der Waals surface area contributed by atoms with Gasteiger partial charge in [0.25, 0.3) is 5.56 Å². The molecule has 0 bridgehead atoms. The Morgan fingerprint density at radius 2 is 1.94 bits per heavy atom. The fraction of sp³-hybridized carbons (Fsp3) is 0.208. The molecule has 10 nitrogen and oxygen atoms in total. The molecular formula is C24H22N6O4. The molecule has 0 aliphatic heterocycles. The van der Waals surface area contributed by atoms with Crippen molar-refractivity contribution in [3.05, 3.63) is 76.9 Å². The van der Waals surface area contributed by atoms with E-state index < -0.39 is 0 Å². The van der Waals surface area contributed by atoms with E-state index in [1.165, 1.54) is 10.9 Å². The first kappa shape index (κ1) is 21.4. The van der Waals surface area contributed by atoms with Gasteiger partial charge in [-0.2, -0.15) is 4.98 Å². The molecule has 5 aromatic rings. The molecule has 0 aliphatic carbocycles. The summed E-state index contributed by atoms with van der Waals surface area (Å²) in [6.07, 6.45) is 1.46. The molecular weight excluding hydrogens is 436 g/mol. The van der Waals surface area contributed by atoms with E-state index in [9.17, 15) is 9.59 Å². The van der Waals surface area contributed by atoms with Crippen molar-refractivity contribution in [2.45, 2.75) is 26.9 Å². The van der Waals surface area contributed by atoms with Gasteiger partial charge in [-0.15, -0.1) is 0 Å². The van der Waals surface area contributed by atoms with Gasteiger partial charge < -0.3 is 19.1 Å². The number of amides is 1. The van der Waals surface area contributed by atoms with Crippen LogP contribution in [0.4, 0.5) is 5.69 Å². The average Bonchev–Trinajstić information content (AvgIpc) is 3.38. The predicted molar refractivity (Wildman–Crippen MR) is 126 cm³/mol. The summed E-state index contributed by atoms with van der Waals surface area (Å²) < 4.78 is 13.8.